The molecule has 76 valence electrons. The van der Waals surface area contributed by atoms with Gasteiger partial charge in [0.05, 0.1) is 5.69 Å². The summed E-state index contributed by atoms with van der Waals surface area (Å²) in [7, 11) is 3.44. The maximum atomic E-state index is 11.3. The van der Waals surface area contributed by atoms with Crippen molar-refractivity contribution in [3.05, 3.63) is 10.6 Å². The normalized spacial score (nSPS) is 13.9. The molecule has 0 aromatic carbocycles. The largest absolute Gasteiger partial charge is 0.331 e. The van der Waals surface area contributed by atoms with E-state index in [1.54, 1.807) is 25.4 Å². The van der Waals surface area contributed by atoms with Gasteiger partial charge in [0.15, 0.2) is 5.13 Å². The van der Waals surface area contributed by atoms with Gasteiger partial charge in [0.2, 0.25) is 0 Å². The number of urea groups is 1. The van der Waals surface area contributed by atoms with Crippen molar-refractivity contribution in [2.45, 2.75) is 19.3 Å². The molecule has 2 rings (SSSR count). The SMILES string of the molecule is CN(C)C(=O)Nc1nc2c(s1)CCC2. The number of carbonyl (C=O) groups excluding carboxylic acids is 1. The number of rotatable bonds is 1. The Hall–Kier alpha value is -1.10. The van der Waals surface area contributed by atoms with Gasteiger partial charge in [-0.25, -0.2) is 9.78 Å². The molecule has 1 heterocycles. The molecule has 0 bridgehead atoms. The number of aromatic nitrogens is 1. The van der Waals surface area contributed by atoms with Crippen molar-refractivity contribution < 1.29 is 4.79 Å². The quantitative estimate of drug-likeness (QED) is 0.768. The van der Waals surface area contributed by atoms with Gasteiger partial charge < -0.3 is 4.90 Å². The van der Waals surface area contributed by atoms with Crippen molar-refractivity contribution in [3.8, 4) is 0 Å². The Labute approximate surface area is 86.9 Å². The lowest BCUT2D eigenvalue weighted by Crippen LogP contribution is -2.27. The molecule has 0 aliphatic heterocycles. The van der Waals surface area contributed by atoms with E-state index < -0.39 is 0 Å². The lowest BCUT2D eigenvalue weighted by atomic mass is 10.4. The van der Waals surface area contributed by atoms with Gasteiger partial charge in [-0.3, -0.25) is 5.32 Å². The Kier molecular flexibility index (Phi) is 2.41. The van der Waals surface area contributed by atoms with Crippen LogP contribution in [0, 0.1) is 0 Å². The van der Waals surface area contributed by atoms with E-state index in [9.17, 15) is 4.79 Å². The topological polar surface area (TPSA) is 45.2 Å². The maximum Gasteiger partial charge on any atom is 0.323 e. The number of nitrogens with zero attached hydrogens (tertiary/aromatic N) is 2. The van der Waals surface area contributed by atoms with E-state index in [1.807, 2.05) is 0 Å². The molecule has 1 N–H and O–H groups in total. The van der Waals surface area contributed by atoms with Gasteiger partial charge >= 0.3 is 6.03 Å². The predicted octanol–water partition coefficient (Wildman–Crippen LogP) is 1.73. The highest BCUT2D eigenvalue weighted by atomic mass is 32.1. The Morgan fingerprint density at radius 2 is 2.29 bits per heavy atom. The van der Waals surface area contributed by atoms with E-state index in [1.165, 1.54) is 21.9 Å². The number of thiazole rings is 1. The fraction of sp³-hybridized carbons (Fsp3) is 0.556. The van der Waals surface area contributed by atoms with Crippen molar-refractivity contribution in [1.82, 2.24) is 9.88 Å². The molecule has 14 heavy (non-hydrogen) atoms. The van der Waals surface area contributed by atoms with Crippen molar-refractivity contribution in [1.29, 1.82) is 0 Å². The number of hydrogen-bond donors (Lipinski definition) is 1. The summed E-state index contributed by atoms with van der Waals surface area (Å²) in [5, 5.41) is 3.50. The highest BCUT2D eigenvalue weighted by Gasteiger charge is 2.17. The van der Waals surface area contributed by atoms with Crippen LogP contribution in [0.25, 0.3) is 0 Å². The molecule has 1 aliphatic rings. The zero-order valence-electron chi connectivity index (χ0n) is 8.33. The van der Waals surface area contributed by atoms with Gasteiger partial charge in [0.1, 0.15) is 0 Å². The summed E-state index contributed by atoms with van der Waals surface area (Å²) in [5.74, 6) is 0. The van der Waals surface area contributed by atoms with Crippen LogP contribution in [0.2, 0.25) is 0 Å². The second-order valence-corrected chi connectivity index (χ2v) is 4.65. The average Bonchev–Trinajstić information content (AvgIpc) is 2.63. The Bertz CT molecular complexity index is 337. The molecule has 0 unspecified atom stereocenters. The summed E-state index contributed by atoms with van der Waals surface area (Å²) in [6.07, 6.45) is 3.38. The second kappa shape index (κ2) is 3.57. The van der Waals surface area contributed by atoms with Gasteiger partial charge in [-0.1, -0.05) is 0 Å². The van der Waals surface area contributed by atoms with E-state index in [0.717, 1.165) is 18.0 Å². The standard InChI is InChI=1S/C9H13N3OS/c1-12(2)9(13)11-8-10-6-4-3-5-7(6)14-8/h3-5H2,1-2H3,(H,10,11,13). The highest BCUT2D eigenvalue weighted by Crippen LogP contribution is 2.30. The van der Waals surface area contributed by atoms with E-state index in [0.29, 0.717) is 0 Å². The number of nitrogens with one attached hydrogen (secondary N) is 1. The average molecular weight is 211 g/mol. The van der Waals surface area contributed by atoms with Crippen LogP contribution in [0.3, 0.4) is 0 Å². The molecule has 4 nitrogen and oxygen atoms in total. The summed E-state index contributed by atoms with van der Waals surface area (Å²) in [4.78, 5) is 18.5. The van der Waals surface area contributed by atoms with Crippen LogP contribution in [-0.4, -0.2) is 30.0 Å². The van der Waals surface area contributed by atoms with Gasteiger partial charge in [0.25, 0.3) is 0 Å². The number of amides is 2. The third-order valence-electron chi connectivity index (χ3n) is 2.22. The van der Waals surface area contributed by atoms with E-state index in [2.05, 4.69) is 10.3 Å². The number of anilines is 1. The predicted molar refractivity (Wildman–Crippen MR) is 56.8 cm³/mol. The molecule has 0 saturated carbocycles. The molecule has 2 amide bonds. The Morgan fingerprint density at radius 3 is 2.93 bits per heavy atom. The number of hydrogen-bond acceptors (Lipinski definition) is 3. The lowest BCUT2D eigenvalue weighted by Gasteiger charge is -2.09. The van der Waals surface area contributed by atoms with Gasteiger partial charge in [-0.2, -0.15) is 0 Å². The van der Waals surface area contributed by atoms with Crippen LogP contribution in [0.4, 0.5) is 9.93 Å². The van der Waals surface area contributed by atoms with Crippen molar-refractivity contribution >= 4 is 22.5 Å². The Morgan fingerprint density at radius 1 is 1.50 bits per heavy atom. The number of aryl methyl sites for hydroxylation is 2. The zero-order valence-corrected chi connectivity index (χ0v) is 9.15. The summed E-state index contributed by atoms with van der Waals surface area (Å²) in [6.45, 7) is 0. The van der Waals surface area contributed by atoms with Gasteiger partial charge in [-0.15, -0.1) is 11.3 Å². The van der Waals surface area contributed by atoms with E-state index >= 15 is 0 Å². The monoisotopic (exact) mass is 211 g/mol. The highest BCUT2D eigenvalue weighted by molar-refractivity contribution is 7.15. The molecule has 0 spiro atoms. The summed E-state index contributed by atoms with van der Waals surface area (Å²) in [5.41, 5.74) is 1.17. The molecular weight excluding hydrogens is 198 g/mol. The molecule has 0 radical (unpaired) electrons. The van der Waals surface area contributed by atoms with Crippen molar-refractivity contribution in [3.63, 3.8) is 0 Å². The minimum Gasteiger partial charge on any atom is -0.331 e. The number of fused-ring (bicyclic) bond motifs is 1. The van der Waals surface area contributed by atoms with Gasteiger partial charge in [-0.05, 0) is 19.3 Å². The van der Waals surface area contributed by atoms with Crippen LogP contribution in [-0.2, 0) is 12.8 Å². The number of carbonyl (C=O) groups is 1. The first-order valence-electron chi connectivity index (χ1n) is 4.63. The third-order valence-corrected chi connectivity index (χ3v) is 3.29. The summed E-state index contributed by atoms with van der Waals surface area (Å²) in [6, 6.07) is -0.113. The lowest BCUT2D eigenvalue weighted by molar-refractivity contribution is 0.230. The first-order valence-corrected chi connectivity index (χ1v) is 5.45. The third kappa shape index (κ3) is 1.72. The van der Waals surface area contributed by atoms with Crippen LogP contribution >= 0.6 is 11.3 Å². The van der Waals surface area contributed by atoms with Crippen LogP contribution in [0.1, 0.15) is 17.0 Å². The molecule has 0 atom stereocenters. The molecular formula is C9H13N3OS. The molecule has 1 aromatic rings. The fourth-order valence-corrected chi connectivity index (χ4v) is 2.49. The van der Waals surface area contributed by atoms with Crippen LogP contribution in [0.15, 0.2) is 0 Å². The molecule has 5 heteroatoms. The van der Waals surface area contributed by atoms with E-state index in [4.69, 9.17) is 0 Å². The molecule has 1 aliphatic carbocycles. The minimum atomic E-state index is -0.113. The molecule has 1 aromatic heterocycles. The molecule has 0 fully saturated rings. The molecule has 0 saturated heterocycles. The first kappa shape index (κ1) is 9.45. The first-order chi connectivity index (χ1) is 6.66. The van der Waals surface area contributed by atoms with Crippen molar-refractivity contribution in [2.24, 2.45) is 0 Å². The van der Waals surface area contributed by atoms with Crippen LogP contribution in [0.5, 0.6) is 0 Å². The second-order valence-electron chi connectivity index (χ2n) is 3.57. The fourth-order valence-electron chi connectivity index (χ4n) is 1.45. The van der Waals surface area contributed by atoms with Crippen LogP contribution < -0.4 is 5.32 Å². The summed E-state index contributed by atoms with van der Waals surface area (Å²) >= 11 is 1.60. The minimum absolute atomic E-state index is 0.113. The zero-order chi connectivity index (χ0) is 10.1. The Balaban J connectivity index is 2.07. The van der Waals surface area contributed by atoms with Crippen molar-refractivity contribution in [2.75, 3.05) is 19.4 Å². The maximum absolute atomic E-state index is 11.3. The summed E-state index contributed by atoms with van der Waals surface area (Å²) < 4.78 is 0. The smallest absolute Gasteiger partial charge is 0.323 e. The van der Waals surface area contributed by atoms with E-state index in [-0.39, 0.29) is 6.03 Å². The van der Waals surface area contributed by atoms with Gasteiger partial charge in [0, 0.05) is 19.0 Å².